The van der Waals surface area contributed by atoms with Gasteiger partial charge in [0.1, 0.15) is 0 Å². The number of rotatable bonds is 0. The van der Waals surface area contributed by atoms with Crippen LogP contribution in [0.5, 0.6) is 0 Å². The lowest BCUT2D eigenvalue weighted by Crippen LogP contribution is -2.59. The van der Waals surface area contributed by atoms with E-state index in [2.05, 4.69) is 33.0 Å². The number of hydrogen-bond donors (Lipinski definition) is 1. The summed E-state index contributed by atoms with van der Waals surface area (Å²) in [5, 5.41) is 3.61. The van der Waals surface area contributed by atoms with Gasteiger partial charge in [-0.25, -0.2) is 0 Å². The monoisotopic (exact) mass is 211 g/mol. The maximum absolute atomic E-state index is 6.31. The van der Waals surface area contributed by atoms with Crippen molar-refractivity contribution in [3.63, 3.8) is 0 Å². The molecule has 15 heavy (non-hydrogen) atoms. The third-order valence-electron chi connectivity index (χ3n) is 4.13. The van der Waals surface area contributed by atoms with Crippen molar-refractivity contribution in [1.82, 2.24) is 5.32 Å². The van der Waals surface area contributed by atoms with Crippen LogP contribution in [-0.2, 0) is 4.74 Å². The molecular formula is C13H25NO. The third-order valence-corrected chi connectivity index (χ3v) is 4.13. The average molecular weight is 211 g/mol. The summed E-state index contributed by atoms with van der Waals surface area (Å²) >= 11 is 0. The Balaban J connectivity index is 2.06. The van der Waals surface area contributed by atoms with Gasteiger partial charge in [0.2, 0.25) is 0 Å². The van der Waals surface area contributed by atoms with Gasteiger partial charge in [0.15, 0.2) is 0 Å². The van der Waals surface area contributed by atoms with Gasteiger partial charge in [0.25, 0.3) is 0 Å². The van der Waals surface area contributed by atoms with E-state index in [0.29, 0.717) is 12.1 Å². The van der Waals surface area contributed by atoms with E-state index < -0.39 is 0 Å². The highest BCUT2D eigenvalue weighted by atomic mass is 16.5. The highest BCUT2D eigenvalue weighted by molar-refractivity contribution is 4.96. The van der Waals surface area contributed by atoms with Gasteiger partial charge in [-0.05, 0) is 44.9 Å². The van der Waals surface area contributed by atoms with Crippen molar-refractivity contribution in [3.8, 4) is 0 Å². The van der Waals surface area contributed by atoms with E-state index in [-0.39, 0.29) is 5.60 Å². The Morgan fingerprint density at radius 2 is 1.67 bits per heavy atom. The van der Waals surface area contributed by atoms with E-state index in [9.17, 15) is 0 Å². The molecule has 1 saturated carbocycles. The largest absolute Gasteiger partial charge is 0.369 e. The SMILES string of the molecule is CC1CC(C)CC2(CNC(C)C(C)O2)C1. The Kier molecular flexibility index (Phi) is 3.09. The summed E-state index contributed by atoms with van der Waals surface area (Å²) in [6.07, 6.45) is 4.20. The van der Waals surface area contributed by atoms with Crippen LogP contribution in [0.3, 0.4) is 0 Å². The van der Waals surface area contributed by atoms with Crippen molar-refractivity contribution < 1.29 is 4.74 Å². The molecule has 0 aromatic heterocycles. The second kappa shape index (κ2) is 4.06. The maximum Gasteiger partial charge on any atom is 0.0815 e. The Bertz CT molecular complexity index is 219. The third kappa shape index (κ3) is 2.36. The van der Waals surface area contributed by atoms with Crippen molar-refractivity contribution in [2.45, 2.75) is 64.7 Å². The molecule has 1 saturated heterocycles. The predicted molar refractivity (Wildman–Crippen MR) is 62.9 cm³/mol. The normalized spacial score (nSPS) is 52.0. The molecule has 4 unspecified atom stereocenters. The molecule has 0 radical (unpaired) electrons. The van der Waals surface area contributed by atoms with Crippen molar-refractivity contribution in [1.29, 1.82) is 0 Å². The average Bonchev–Trinajstić information content (AvgIpc) is 2.10. The Hall–Kier alpha value is -0.0800. The van der Waals surface area contributed by atoms with Gasteiger partial charge in [-0.1, -0.05) is 13.8 Å². The van der Waals surface area contributed by atoms with Crippen molar-refractivity contribution in [2.24, 2.45) is 11.8 Å². The highest BCUT2D eigenvalue weighted by Gasteiger charge is 2.43. The standard InChI is InChI=1S/C13H25NO/c1-9-5-10(2)7-13(6-9)8-14-11(3)12(4)15-13/h9-12,14H,5-8H2,1-4H3. The Labute approximate surface area is 93.8 Å². The van der Waals surface area contributed by atoms with Gasteiger partial charge in [0.05, 0.1) is 11.7 Å². The summed E-state index contributed by atoms with van der Waals surface area (Å²) in [5.41, 5.74) is 0.142. The molecule has 2 heteroatoms. The van der Waals surface area contributed by atoms with Crippen LogP contribution in [0.15, 0.2) is 0 Å². The van der Waals surface area contributed by atoms with Gasteiger partial charge >= 0.3 is 0 Å². The van der Waals surface area contributed by atoms with Crippen LogP contribution < -0.4 is 5.32 Å². The predicted octanol–water partition coefficient (Wildman–Crippen LogP) is 2.58. The van der Waals surface area contributed by atoms with Crippen LogP contribution >= 0.6 is 0 Å². The second-order valence-electron chi connectivity index (χ2n) is 6.03. The molecule has 1 aliphatic heterocycles. The molecule has 4 atom stereocenters. The van der Waals surface area contributed by atoms with Crippen LogP contribution in [0.4, 0.5) is 0 Å². The number of hydrogen-bond acceptors (Lipinski definition) is 2. The van der Waals surface area contributed by atoms with Crippen molar-refractivity contribution >= 4 is 0 Å². The molecule has 0 amide bonds. The summed E-state index contributed by atoms with van der Waals surface area (Å²) < 4.78 is 6.31. The Morgan fingerprint density at radius 1 is 1.07 bits per heavy atom. The van der Waals surface area contributed by atoms with Crippen LogP contribution in [-0.4, -0.2) is 24.3 Å². The van der Waals surface area contributed by atoms with E-state index in [1.807, 2.05) is 0 Å². The first-order valence-corrected chi connectivity index (χ1v) is 6.42. The van der Waals surface area contributed by atoms with Gasteiger partial charge < -0.3 is 10.1 Å². The van der Waals surface area contributed by atoms with Crippen molar-refractivity contribution in [3.05, 3.63) is 0 Å². The summed E-state index contributed by atoms with van der Waals surface area (Å²) in [6.45, 7) is 10.2. The second-order valence-corrected chi connectivity index (χ2v) is 6.03. The number of nitrogens with one attached hydrogen (secondary N) is 1. The lowest BCUT2D eigenvalue weighted by Gasteiger charge is -2.49. The first-order valence-electron chi connectivity index (χ1n) is 6.42. The molecule has 0 bridgehead atoms. The van der Waals surface area contributed by atoms with Crippen LogP contribution in [0.25, 0.3) is 0 Å². The summed E-state index contributed by atoms with van der Waals surface area (Å²) in [4.78, 5) is 0. The fourth-order valence-corrected chi connectivity index (χ4v) is 3.50. The van der Waals surface area contributed by atoms with E-state index in [1.54, 1.807) is 0 Å². The molecule has 2 aliphatic rings. The van der Waals surface area contributed by atoms with E-state index in [1.165, 1.54) is 19.3 Å². The molecule has 0 aromatic rings. The lowest BCUT2D eigenvalue weighted by molar-refractivity contribution is -0.156. The van der Waals surface area contributed by atoms with Crippen LogP contribution in [0, 0.1) is 11.8 Å². The summed E-state index contributed by atoms with van der Waals surface area (Å²) in [7, 11) is 0. The first-order chi connectivity index (χ1) is 7.01. The molecular weight excluding hydrogens is 186 g/mol. The fraction of sp³-hybridized carbons (Fsp3) is 1.00. The minimum atomic E-state index is 0.142. The molecule has 88 valence electrons. The molecule has 0 aromatic carbocycles. The highest BCUT2D eigenvalue weighted by Crippen LogP contribution is 2.40. The summed E-state index contributed by atoms with van der Waals surface area (Å²) in [6, 6.07) is 0.503. The lowest BCUT2D eigenvalue weighted by atomic mass is 9.72. The molecule has 1 heterocycles. The molecule has 1 N–H and O–H groups in total. The smallest absolute Gasteiger partial charge is 0.0815 e. The quantitative estimate of drug-likeness (QED) is 0.665. The van der Waals surface area contributed by atoms with Gasteiger partial charge in [-0.2, -0.15) is 0 Å². The zero-order valence-corrected chi connectivity index (χ0v) is 10.5. The zero-order valence-electron chi connectivity index (χ0n) is 10.5. The van der Waals surface area contributed by atoms with E-state index in [0.717, 1.165) is 18.4 Å². The molecule has 2 nitrogen and oxygen atoms in total. The molecule has 1 aliphatic carbocycles. The van der Waals surface area contributed by atoms with Gasteiger partial charge in [-0.15, -0.1) is 0 Å². The summed E-state index contributed by atoms with van der Waals surface area (Å²) in [5.74, 6) is 1.63. The van der Waals surface area contributed by atoms with Crippen LogP contribution in [0.2, 0.25) is 0 Å². The van der Waals surface area contributed by atoms with Crippen molar-refractivity contribution in [2.75, 3.05) is 6.54 Å². The Morgan fingerprint density at radius 3 is 2.20 bits per heavy atom. The van der Waals surface area contributed by atoms with E-state index in [4.69, 9.17) is 4.74 Å². The molecule has 2 rings (SSSR count). The van der Waals surface area contributed by atoms with Gasteiger partial charge in [0, 0.05) is 12.6 Å². The number of morpholine rings is 1. The number of ether oxygens (including phenoxy) is 1. The molecule has 2 fully saturated rings. The van der Waals surface area contributed by atoms with Gasteiger partial charge in [-0.3, -0.25) is 0 Å². The van der Waals surface area contributed by atoms with E-state index >= 15 is 0 Å². The fourth-order valence-electron chi connectivity index (χ4n) is 3.50. The minimum Gasteiger partial charge on any atom is -0.369 e. The zero-order chi connectivity index (χ0) is 11.1. The first kappa shape index (κ1) is 11.4. The maximum atomic E-state index is 6.31. The topological polar surface area (TPSA) is 21.3 Å². The molecule has 1 spiro atoms. The minimum absolute atomic E-state index is 0.142. The van der Waals surface area contributed by atoms with Crippen LogP contribution in [0.1, 0.15) is 47.0 Å².